The summed E-state index contributed by atoms with van der Waals surface area (Å²) >= 11 is 3.49. The molecule has 0 aliphatic heterocycles. The van der Waals surface area contributed by atoms with E-state index >= 15 is 0 Å². The van der Waals surface area contributed by atoms with Gasteiger partial charge in [0.25, 0.3) is 0 Å². The molecular formula is C14H19BrN4. The molecule has 0 spiro atoms. The van der Waals surface area contributed by atoms with Gasteiger partial charge in [0.15, 0.2) is 5.65 Å². The molecule has 2 aromatic rings. The normalized spacial score (nSPS) is 16.3. The van der Waals surface area contributed by atoms with Gasteiger partial charge >= 0.3 is 0 Å². The maximum absolute atomic E-state index is 4.48. The first-order valence-electron chi connectivity index (χ1n) is 7.08. The summed E-state index contributed by atoms with van der Waals surface area (Å²) in [6, 6.07) is 3.93. The maximum Gasteiger partial charge on any atom is 0.243 e. The van der Waals surface area contributed by atoms with Gasteiger partial charge in [-0.05, 0) is 46.8 Å². The van der Waals surface area contributed by atoms with Gasteiger partial charge in [-0.15, -0.1) is 5.10 Å². The largest absolute Gasteiger partial charge is 0.353 e. The van der Waals surface area contributed by atoms with Crippen molar-refractivity contribution >= 4 is 27.5 Å². The number of rotatable bonds is 5. The SMILES string of the molecule is Brc1cccn2nc(NCCCC3CCCC3)nc12. The molecule has 1 N–H and O–H groups in total. The van der Waals surface area contributed by atoms with Crippen LogP contribution in [0.5, 0.6) is 0 Å². The third kappa shape index (κ3) is 3.08. The van der Waals surface area contributed by atoms with Crippen molar-refractivity contribution in [3.8, 4) is 0 Å². The minimum absolute atomic E-state index is 0.721. The van der Waals surface area contributed by atoms with E-state index in [0.717, 1.165) is 28.5 Å². The Morgan fingerprint density at radius 3 is 3.00 bits per heavy atom. The number of hydrogen-bond acceptors (Lipinski definition) is 3. The number of halogens is 1. The molecule has 5 heteroatoms. The minimum Gasteiger partial charge on any atom is -0.353 e. The zero-order valence-corrected chi connectivity index (χ0v) is 12.6. The van der Waals surface area contributed by atoms with Crippen LogP contribution in [0.25, 0.3) is 5.65 Å². The highest BCUT2D eigenvalue weighted by Gasteiger charge is 2.14. The van der Waals surface area contributed by atoms with Crippen LogP contribution in [0.4, 0.5) is 5.95 Å². The lowest BCUT2D eigenvalue weighted by Crippen LogP contribution is -2.05. The zero-order chi connectivity index (χ0) is 13.1. The Balaban J connectivity index is 1.52. The van der Waals surface area contributed by atoms with E-state index in [2.05, 4.69) is 31.3 Å². The molecule has 19 heavy (non-hydrogen) atoms. The average Bonchev–Trinajstić information content (AvgIpc) is 3.04. The molecular weight excluding hydrogens is 304 g/mol. The summed E-state index contributed by atoms with van der Waals surface area (Å²) in [6.45, 7) is 0.963. The van der Waals surface area contributed by atoms with E-state index < -0.39 is 0 Å². The number of hydrogen-bond donors (Lipinski definition) is 1. The van der Waals surface area contributed by atoms with Crippen LogP contribution in [0.3, 0.4) is 0 Å². The van der Waals surface area contributed by atoms with Gasteiger partial charge in [-0.3, -0.25) is 0 Å². The van der Waals surface area contributed by atoms with Crippen LogP contribution in [0.1, 0.15) is 38.5 Å². The first-order valence-corrected chi connectivity index (χ1v) is 7.87. The quantitative estimate of drug-likeness (QED) is 0.849. The fraction of sp³-hybridized carbons (Fsp3) is 0.571. The van der Waals surface area contributed by atoms with Crippen LogP contribution in [-0.2, 0) is 0 Å². The third-order valence-electron chi connectivity index (χ3n) is 3.86. The summed E-state index contributed by atoms with van der Waals surface area (Å²) in [7, 11) is 0. The zero-order valence-electron chi connectivity index (χ0n) is 11.0. The van der Waals surface area contributed by atoms with E-state index in [-0.39, 0.29) is 0 Å². The van der Waals surface area contributed by atoms with Gasteiger partial charge in [0, 0.05) is 12.7 Å². The first kappa shape index (κ1) is 12.9. The molecule has 0 radical (unpaired) electrons. The topological polar surface area (TPSA) is 42.2 Å². The Hall–Kier alpha value is -1.10. The highest BCUT2D eigenvalue weighted by Crippen LogP contribution is 2.28. The van der Waals surface area contributed by atoms with E-state index in [1.54, 1.807) is 4.52 Å². The molecule has 0 unspecified atom stereocenters. The minimum atomic E-state index is 0.721. The van der Waals surface area contributed by atoms with Crippen molar-refractivity contribution in [2.24, 2.45) is 5.92 Å². The Labute approximate surface area is 121 Å². The van der Waals surface area contributed by atoms with Gasteiger partial charge in [0.1, 0.15) is 0 Å². The second-order valence-electron chi connectivity index (χ2n) is 5.28. The predicted molar refractivity (Wildman–Crippen MR) is 80.4 cm³/mol. The Kier molecular flexibility index (Phi) is 4.01. The van der Waals surface area contributed by atoms with Crippen LogP contribution < -0.4 is 5.32 Å². The van der Waals surface area contributed by atoms with Gasteiger partial charge < -0.3 is 5.32 Å². The summed E-state index contributed by atoms with van der Waals surface area (Å²) in [6.07, 6.45) is 10.2. The monoisotopic (exact) mass is 322 g/mol. The number of fused-ring (bicyclic) bond motifs is 1. The lowest BCUT2D eigenvalue weighted by Gasteiger charge is -2.07. The second-order valence-corrected chi connectivity index (χ2v) is 6.13. The van der Waals surface area contributed by atoms with Crippen molar-refractivity contribution in [3.63, 3.8) is 0 Å². The summed E-state index contributed by atoms with van der Waals surface area (Å²) in [4.78, 5) is 4.48. The van der Waals surface area contributed by atoms with Crippen LogP contribution in [0.2, 0.25) is 0 Å². The van der Waals surface area contributed by atoms with Gasteiger partial charge in [-0.25, -0.2) is 4.52 Å². The summed E-state index contributed by atoms with van der Waals surface area (Å²) < 4.78 is 2.77. The number of aromatic nitrogens is 3. The predicted octanol–water partition coefficient (Wildman–Crippen LogP) is 3.87. The standard InChI is InChI=1S/C14H19BrN4/c15-12-8-4-10-19-13(12)17-14(18-19)16-9-3-7-11-5-1-2-6-11/h4,8,10-11H,1-3,5-7,9H2,(H,16,18). The fourth-order valence-corrected chi connectivity index (χ4v) is 3.26. The molecule has 0 amide bonds. The van der Waals surface area contributed by atoms with E-state index in [1.807, 2.05) is 18.3 Å². The molecule has 1 fully saturated rings. The molecule has 102 valence electrons. The van der Waals surface area contributed by atoms with Gasteiger partial charge in [0.05, 0.1) is 4.47 Å². The molecule has 0 atom stereocenters. The average molecular weight is 323 g/mol. The van der Waals surface area contributed by atoms with Crippen molar-refractivity contribution in [1.29, 1.82) is 0 Å². The smallest absolute Gasteiger partial charge is 0.243 e. The van der Waals surface area contributed by atoms with Crippen molar-refractivity contribution in [3.05, 3.63) is 22.8 Å². The van der Waals surface area contributed by atoms with Crippen molar-refractivity contribution in [2.45, 2.75) is 38.5 Å². The van der Waals surface area contributed by atoms with Gasteiger partial charge in [0.2, 0.25) is 5.95 Å². The van der Waals surface area contributed by atoms with E-state index in [9.17, 15) is 0 Å². The number of nitrogens with zero attached hydrogens (tertiary/aromatic N) is 3. The highest BCUT2D eigenvalue weighted by atomic mass is 79.9. The van der Waals surface area contributed by atoms with E-state index in [1.165, 1.54) is 38.5 Å². The fourth-order valence-electron chi connectivity index (χ4n) is 2.84. The number of nitrogens with one attached hydrogen (secondary N) is 1. The van der Waals surface area contributed by atoms with Crippen LogP contribution >= 0.6 is 15.9 Å². The molecule has 2 heterocycles. The molecule has 0 bridgehead atoms. The van der Waals surface area contributed by atoms with Gasteiger partial charge in [-0.2, -0.15) is 4.98 Å². The van der Waals surface area contributed by atoms with E-state index in [0.29, 0.717) is 0 Å². The van der Waals surface area contributed by atoms with Crippen LogP contribution in [0.15, 0.2) is 22.8 Å². The van der Waals surface area contributed by atoms with Crippen LogP contribution in [0, 0.1) is 5.92 Å². The van der Waals surface area contributed by atoms with Crippen molar-refractivity contribution < 1.29 is 0 Å². The third-order valence-corrected chi connectivity index (χ3v) is 4.48. The number of anilines is 1. The highest BCUT2D eigenvalue weighted by molar-refractivity contribution is 9.10. The molecule has 1 aliphatic rings. The second kappa shape index (κ2) is 5.90. The molecule has 0 aromatic carbocycles. The molecule has 3 rings (SSSR count). The van der Waals surface area contributed by atoms with E-state index in [4.69, 9.17) is 0 Å². The Morgan fingerprint density at radius 1 is 1.37 bits per heavy atom. The van der Waals surface area contributed by atoms with Crippen molar-refractivity contribution in [2.75, 3.05) is 11.9 Å². The van der Waals surface area contributed by atoms with Gasteiger partial charge in [-0.1, -0.05) is 25.7 Å². The summed E-state index contributed by atoms with van der Waals surface area (Å²) in [5.41, 5.74) is 0.862. The Morgan fingerprint density at radius 2 is 2.21 bits per heavy atom. The first-order chi connectivity index (χ1) is 9.33. The summed E-state index contributed by atoms with van der Waals surface area (Å²) in [5.74, 6) is 1.68. The molecule has 0 saturated heterocycles. The molecule has 2 aromatic heterocycles. The summed E-state index contributed by atoms with van der Waals surface area (Å²) in [5, 5.41) is 7.73. The maximum atomic E-state index is 4.48. The lowest BCUT2D eigenvalue weighted by atomic mass is 10.0. The Bertz CT molecular complexity index is 545. The van der Waals surface area contributed by atoms with Crippen LogP contribution in [-0.4, -0.2) is 21.1 Å². The van der Waals surface area contributed by atoms with Crippen molar-refractivity contribution in [1.82, 2.24) is 14.6 Å². The molecule has 4 nitrogen and oxygen atoms in total. The number of pyridine rings is 1. The lowest BCUT2D eigenvalue weighted by molar-refractivity contribution is 0.491. The molecule has 1 saturated carbocycles. The molecule has 1 aliphatic carbocycles.